The molecule has 1 amide bonds. The predicted molar refractivity (Wildman–Crippen MR) is 81.4 cm³/mol. The molecule has 22 heavy (non-hydrogen) atoms. The zero-order valence-electron chi connectivity index (χ0n) is 12.5. The molecule has 116 valence electrons. The number of amides is 1. The van der Waals surface area contributed by atoms with Gasteiger partial charge in [-0.3, -0.25) is 4.79 Å². The maximum Gasteiger partial charge on any atom is 0.232 e. The van der Waals surface area contributed by atoms with Crippen molar-refractivity contribution in [1.82, 2.24) is 25.6 Å². The zero-order valence-corrected chi connectivity index (χ0v) is 12.5. The molecule has 8 nitrogen and oxygen atoms in total. The van der Waals surface area contributed by atoms with E-state index in [4.69, 9.17) is 0 Å². The number of tetrazole rings is 1. The molecule has 3 rings (SSSR count). The molecule has 0 aromatic carbocycles. The fourth-order valence-electron chi connectivity index (χ4n) is 2.49. The molecule has 0 bridgehead atoms. The van der Waals surface area contributed by atoms with Crippen molar-refractivity contribution in [3.8, 4) is 0 Å². The Labute approximate surface area is 128 Å². The monoisotopic (exact) mass is 301 g/mol. The van der Waals surface area contributed by atoms with E-state index in [-0.39, 0.29) is 12.3 Å². The largest absolute Gasteiger partial charge is 0.357 e. The number of nitrogens with zero attached hydrogens (tertiary/aromatic N) is 5. The van der Waals surface area contributed by atoms with Crippen molar-refractivity contribution in [2.45, 2.75) is 26.2 Å². The van der Waals surface area contributed by atoms with E-state index in [0.29, 0.717) is 11.5 Å². The molecule has 1 aliphatic rings. The second kappa shape index (κ2) is 6.50. The lowest BCUT2D eigenvalue weighted by atomic mass is 9.99. The number of hydrogen-bond acceptors (Lipinski definition) is 6. The van der Waals surface area contributed by atoms with Crippen molar-refractivity contribution < 1.29 is 4.79 Å². The van der Waals surface area contributed by atoms with E-state index >= 15 is 0 Å². The van der Waals surface area contributed by atoms with E-state index in [1.54, 1.807) is 6.20 Å². The van der Waals surface area contributed by atoms with Gasteiger partial charge < -0.3 is 10.2 Å². The number of hydrogen-bond donors (Lipinski definition) is 2. The maximum atomic E-state index is 11.8. The maximum absolute atomic E-state index is 11.8. The van der Waals surface area contributed by atoms with Gasteiger partial charge in [-0.05, 0) is 30.9 Å². The fraction of sp³-hybridized carbons (Fsp3) is 0.500. The molecule has 3 heterocycles. The Morgan fingerprint density at radius 3 is 2.86 bits per heavy atom. The Bertz CT molecular complexity index is 603. The molecule has 1 aliphatic heterocycles. The molecule has 0 unspecified atom stereocenters. The summed E-state index contributed by atoms with van der Waals surface area (Å²) in [7, 11) is 0. The van der Waals surface area contributed by atoms with Crippen LogP contribution in [0.25, 0.3) is 0 Å². The van der Waals surface area contributed by atoms with Crippen molar-refractivity contribution in [1.29, 1.82) is 0 Å². The summed E-state index contributed by atoms with van der Waals surface area (Å²) < 4.78 is 0. The Kier molecular flexibility index (Phi) is 4.27. The molecular formula is C14H19N7O. The number of nitrogens with one attached hydrogen (secondary N) is 2. The van der Waals surface area contributed by atoms with Gasteiger partial charge in [0.25, 0.3) is 0 Å². The third kappa shape index (κ3) is 3.57. The molecule has 0 saturated carbocycles. The summed E-state index contributed by atoms with van der Waals surface area (Å²) in [6, 6.07) is 3.81. The van der Waals surface area contributed by atoms with Gasteiger partial charge in [0.2, 0.25) is 5.91 Å². The molecular weight excluding hydrogens is 282 g/mol. The average Bonchev–Trinajstić information content (AvgIpc) is 3.02. The minimum Gasteiger partial charge on any atom is -0.357 e. The standard InChI is InChI=1S/C14H19N7O/c1-10-4-6-21(7-5-10)13-3-2-11(9-15-13)16-14(22)8-12-17-19-20-18-12/h2-3,9-10H,4-8H2,1H3,(H,16,22)(H,17,18,19,20). The number of pyridine rings is 1. The van der Waals surface area contributed by atoms with Crippen molar-refractivity contribution in [3.63, 3.8) is 0 Å². The van der Waals surface area contributed by atoms with Gasteiger partial charge in [-0.15, -0.1) is 10.2 Å². The molecule has 8 heteroatoms. The lowest BCUT2D eigenvalue weighted by Gasteiger charge is -2.31. The van der Waals surface area contributed by atoms with Crippen LogP contribution in [0.5, 0.6) is 0 Å². The summed E-state index contributed by atoms with van der Waals surface area (Å²) in [6.07, 6.45) is 4.17. The lowest BCUT2D eigenvalue weighted by molar-refractivity contribution is -0.115. The summed E-state index contributed by atoms with van der Waals surface area (Å²) in [4.78, 5) is 18.6. The van der Waals surface area contributed by atoms with Crippen LogP contribution in [0.2, 0.25) is 0 Å². The summed E-state index contributed by atoms with van der Waals surface area (Å²) in [5.41, 5.74) is 0.669. The third-order valence-electron chi connectivity index (χ3n) is 3.85. The number of piperidine rings is 1. The van der Waals surface area contributed by atoms with Crippen LogP contribution in [0.3, 0.4) is 0 Å². The number of anilines is 2. The van der Waals surface area contributed by atoms with Gasteiger partial charge in [0, 0.05) is 13.1 Å². The number of carbonyl (C=O) groups is 1. The minimum absolute atomic E-state index is 0.0856. The summed E-state index contributed by atoms with van der Waals surface area (Å²) >= 11 is 0. The molecule has 2 aromatic rings. The van der Waals surface area contributed by atoms with Crippen LogP contribution in [0, 0.1) is 5.92 Å². The highest BCUT2D eigenvalue weighted by molar-refractivity contribution is 5.91. The van der Waals surface area contributed by atoms with Gasteiger partial charge in [-0.25, -0.2) is 4.98 Å². The predicted octanol–water partition coefficient (Wildman–Crippen LogP) is 1.01. The second-order valence-corrected chi connectivity index (χ2v) is 5.63. The smallest absolute Gasteiger partial charge is 0.232 e. The Balaban J connectivity index is 1.56. The van der Waals surface area contributed by atoms with Crippen molar-refractivity contribution in [2.24, 2.45) is 5.92 Å². The molecule has 0 atom stereocenters. The van der Waals surface area contributed by atoms with E-state index in [9.17, 15) is 4.79 Å². The molecule has 0 aliphatic carbocycles. The number of H-pyrrole nitrogens is 1. The van der Waals surface area contributed by atoms with Gasteiger partial charge in [-0.2, -0.15) is 5.21 Å². The molecule has 0 radical (unpaired) electrons. The SMILES string of the molecule is CC1CCN(c2ccc(NC(=O)Cc3nn[nH]n3)cn2)CC1. The van der Waals surface area contributed by atoms with E-state index < -0.39 is 0 Å². The quantitative estimate of drug-likeness (QED) is 0.874. The number of aromatic nitrogens is 5. The van der Waals surface area contributed by atoms with Crippen LogP contribution in [0.15, 0.2) is 18.3 Å². The Hall–Kier alpha value is -2.51. The van der Waals surface area contributed by atoms with Crippen molar-refractivity contribution >= 4 is 17.4 Å². The first kappa shape index (κ1) is 14.4. The van der Waals surface area contributed by atoms with Gasteiger partial charge >= 0.3 is 0 Å². The molecule has 1 saturated heterocycles. The molecule has 2 N–H and O–H groups in total. The molecule has 1 fully saturated rings. The number of rotatable bonds is 4. The zero-order chi connectivity index (χ0) is 15.4. The number of carbonyl (C=O) groups excluding carboxylic acids is 1. The van der Waals surface area contributed by atoms with Crippen LogP contribution in [0.1, 0.15) is 25.6 Å². The first-order valence-corrected chi connectivity index (χ1v) is 7.44. The van der Waals surface area contributed by atoms with E-state index in [2.05, 4.69) is 42.7 Å². The summed E-state index contributed by atoms with van der Waals surface area (Å²) in [6.45, 7) is 4.36. The van der Waals surface area contributed by atoms with Crippen LogP contribution in [0.4, 0.5) is 11.5 Å². The summed E-state index contributed by atoms with van der Waals surface area (Å²) in [5.74, 6) is 1.93. The number of aromatic amines is 1. The van der Waals surface area contributed by atoms with Crippen LogP contribution in [-0.4, -0.2) is 44.6 Å². The molecule has 0 spiro atoms. The van der Waals surface area contributed by atoms with Crippen molar-refractivity contribution in [2.75, 3.05) is 23.3 Å². The average molecular weight is 301 g/mol. The fourth-order valence-corrected chi connectivity index (χ4v) is 2.49. The van der Waals surface area contributed by atoms with E-state index in [1.165, 1.54) is 12.8 Å². The van der Waals surface area contributed by atoms with Gasteiger partial charge in [-0.1, -0.05) is 12.1 Å². The minimum atomic E-state index is -0.192. The van der Waals surface area contributed by atoms with Gasteiger partial charge in [0.1, 0.15) is 5.82 Å². The highest BCUT2D eigenvalue weighted by atomic mass is 16.1. The van der Waals surface area contributed by atoms with Gasteiger partial charge in [0.15, 0.2) is 5.82 Å². The van der Waals surface area contributed by atoms with E-state index in [1.807, 2.05) is 12.1 Å². The highest BCUT2D eigenvalue weighted by Crippen LogP contribution is 2.22. The summed E-state index contributed by atoms with van der Waals surface area (Å²) in [5, 5.41) is 16.0. The topological polar surface area (TPSA) is 99.7 Å². The molecule has 2 aromatic heterocycles. The van der Waals surface area contributed by atoms with E-state index in [0.717, 1.165) is 24.8 Å². The lowest BCUT2D eigenvalue weighted by Crippen LogP contribution is -2.33. The highest BCUT2D eigenvalue weighted by Gasteiger charge is 2.16. The first-order valence-electron chi connectivity index (χ1n) is 7.44. The van der Waals surface area contributed by atoms with Crippen LogP contribution >= 0.6 is 0 Å². The van der Waals surface area contributed by atoms with Crippen molar-refractivity contribution in [3.05, 3.63) is 24.2 Å². The van der Waals surface area contributed by atoms with Crippen LogP contribution in [-0.2, 0) is 11.2 Å². The van der Waals surface area contributed by atoms with Gasteiger partial charge in [0.05, 0.1) is 18.3 Å². The Morgan fingerprint density at radius 1 is 1.41 bits per heavy atom. The normalized spacial score (nSPS) is 15.8. The second-order valence-electron chi connectivity index (χ2n) is 5.63. The Morgan fingerprint density at radius 2 is 2.23 bits per heavy atom. The first-order chi connectivity index (χ1) is 10.7. The third-order valence-corrected chi connectivity index (χ3v) is 3.85. The van der Waals surface area contributed by atoms with Crippen LogP contribution < -0.4 is 10.2 Å².